The summed E-state index contributed by atoms with van der Waals surface area (Å²) in [5.41, 5.74) is 0.857. The van der Waals surface area contributed by atoms with Crippen LogP contribution in [0.5, 0.6) is 5.88 Å². The third-order valence-corrected chi connectivity index (χ3v) is 3.99. The number of rotatable bonds is 4. The SMILES string of the molecule is CCN1CCCC1Cc1nnc2cccc(OC)n12. The summed E-state index contributed by atoms with van der Waals surface area (Å²) in [4.78, 5) is 2.52. The lowest BCUT2D eigenvalue weighted by molar-refractivity contribution is 0.262. The molecule has 5 nitrogen and oxygen atoms in total. The summed E-state index contributed by atoms with van der Waals surface area (Å²) < 4.78 is 7.43. The van der Waals surface area contributed by atoms with E-state index in [1.54, 1.807) is 7.11 Å². The molecule has 19 heavy (non-hydrogen) atoms. The Hall–Kier alpha value is -1.62. The zero-order chi connectivity index (χ0) is 13.2. The van der Waals surface area contributed by atoms with Gasteiger partial charge in [-0.15, -0.1) is 10.2 Å². The molecule has 1 aliphatic rings. The van der Waals surface area contributed by atoms with Gasteiger partial charge in [-0.05, 0) is 38.1 Å². The van der Waals surface area contributed by atoms with Gasteiger partial charge >= 0.3 is 0 Å². The number of pyridine rings is 1. The van der Waals surface area contributed by atoms with E-state index in [2.05, 4.69) is 22.0 Å². The minimum absolute atomic E-state index is 0.585. The molecule has 0 amide bonds. The first-order valence-electron chi connectivity index (χ1n) is 6.94. The van der Waals surface area contributed by atoms with Crippen LogP contribution in [0, 0.1) is 0 Å². The van der Waals surface area contributed by atoms with Crippen LogP contribution in [0.3, 0.4) is 0 Å². The highest BCUT2D eigenvalue weighted by molar-refractivity contribution is 5.42. The van der Waals surface area contributed by atoms with Crippen molar-refractivity contribution in [1.29, 1.82) is 0 Å². The molecule has 0 spiro atoms. The lowest BCUT2D eigenvalue weighted by Gasteiger charge is -2.21. The van der Waals surface area contributed by atoms with Crippen LogP contribution in [-0.2, 0) is 6.42 Å². The lowest BCUT2D eigenvalue weighted by Crippen LogP contribution is -2.31. The molecule has 0 aromatic carbocycles. The molecule has 0 bridgehead atoms. The fourth-order valence-electron chi connectivity index (χ4n) is 3.01. The smallest absolute Gasteiger partial charge is 0.200 e. The third-order valence-electron chi connectivity index (χ3n) is 3.99. The Morgan fingerprint density at radius 3 is 3.05 bits per heavy atom. The van der Waals surface area contributed by atoms with Gasteiger partial charge in [-0.3, -0.25) is 0 Å². The number of fused-ring (bicyclic) bond motifs is 1. The van der Waals surface area contributed by atoms with E-state index in [1.807, 2.05) is 22.6 Å². The summed E-state index contributed by atoms with van der Waals surface area (Å²) in [5.74, 6) is 1.80. The van der Waals surface area contributed by atoms with Crippen molar-refractivity contribution < 1.29 is 4.74 Å². The molecule has 2 aromatic heterocycles. The fraction of sp³-hybridized carbons (Fsp3) is 0.571. The zero-order valence-electron chi connectivity index (χ0n) is 11.5. The minimum Gasteiger partial charge on any atom is -0.482 e. The molecule has 1 aliphatic heterocycles. The normalized spacial score (nSPS) is 20.2. The second-order valence-electron chi connectivity index (χ2n) is 5.01. The fourth-order valence-corrected chi connectivity index (χ4v) is 3.01. The van der Waals surface area contributed by atoms with E-state index in [4.69, 9.17) is 4.74 Å². The van der Waals surface area contributed by atoms with Crippen molar-refractivity contribution in [3.05, 3.63) is 24.0 Å². The summed E-state index contributed by atoms with van der Waals surface area (Å²) >= 11 is 0. The van der Waals surface area contributed by atoms with E-state index in [0.29, 0.717) is 6.04 Å². The zero-order valence-corrected chi connectivity index (χ0v) is 11.5. The summed E-state index contributed by atoms with van der Waals surface area (Å²) in [6.07, 6.45) is 3.47. The molecule has 0 aliphatic carbocycles. The molecule has 1 fully saturated rings. The van der Waals surface area contributed by atoms with Gasteiger partial charge in [0.25, 0.3) is 0 Å². The van der Waals surface area contributed by atoms with Gasteiger partial charge in [0, 0.05) is 12.5 Å². The number of likely N-dealkylation sites (N-methyl/N-ethyl adjacent to an activating group) is 1. The summed E-state index contributed by atoms with van der Waals surface area (Å²) in [6.45, 7) is 4.54. The number of hydrogen-bond donors (Lipinski definition) is 0. The maximum Gasteiger partial charge on any atom is 0.200 e. The predicted molar refractivity (Wildman–Crippen MR) is 73.5 cm³/mol. The molecular weight excluding hydrogens is 240 g/mol. The molecule has 2 aromatic rings. The third kappa shape index (κ3) is 2.18. The van der Waals surface area contributed by atoms with Crippen LogP contribution in [0.2, 0.25) is 0 Å². The van der Waals surface area contributed by atoms with Crippen molar-refractivity contribution in [2.24, 2.45) is 0 Å². The number of hydrogen-bond acceptors (Lipinski definition) is 4. The molecule has 3 heterocycles. The first-order chi connectivity index (χ1) is 9.33. The van der Waals surface area contributed by atoms with E-state index in [-0.39, 0.29) is 0 Å². The van der Waals surface area contributed by atoms with Gasteiger partial charge in [0.15, 0.2) is 5.65 Å². The second-order valence-corrected chi connectivity index (χ2v) is 5.01. The molecule has 1 atom stereocenters. The number of likely N-dealkylation sites (tertiary alicyclic amines) is 1. The molecule has 1 unspecified atom stereocenters. The molecule has 102 valence electrons. The Kier molecular flexibility index (Phi) is 3.38. The van der Waals surface area contributed by atoms with Crippen LogP contribution in [0.1, 0.15) is 25.6 Å². The number of ether oxygens (including phenoxy) is 1. The lowest BCUT2D eigenvalue weighted by atomic mass is 10.1. The number of nitrogens with zero attached hydrogens (tertiary/aromatic N) is 4. The quantitative estimate of drug-likeness (QED) is 0.840. The minimum atomic E-state index is 0.585. The maximum absolute atomic E-state index is 5.41. The molecule has 5 heteroatoms. The molecule has 0 saturated carbocycles. The highest BCUT2D eigenvalue weighted by atomic mass is 16.5. The molecule has 0 N–H and O–H groups in total. The first kappa shape index (κ1) is 12.4. The van der Waals surface area contributed by atoms with Crippen LogP contribution < -0.4 is 4.74 Å². The van der Waals surface area contributed by atoms with E-state index in [1.165, 1.54) is 19.4 Å². The van der Waals surface area contributed by atoms with E-state index in [9.17, 15) is 0 Å². The summed E-state index contributed by atoms with van der Waals surface area (Å²) in [6, 6.07) is 6.44. The van der Waals surface area contributed by atoms with Gasteiger partial charge in [-0.2, -0.15) is 0 Å². The van der Waals surface area contributed by atoms with Crippen molar-refractivity contribution in [2.45, 2.75) is 32.2 Å². The van der Waals surface area contributed by atoms with Crippen molar-refractivity contribution in [2.75, 3.05) is 20.2 Å². The molecular formula is C14H20N4O. The Bertz CT molecular complexity index is 566. The Labute approximate surface area is 113 Å². The van der Waals surface area contributed by atoms with Crippen molar-refractivity contribution in [1.82, 2.24) is 19.5 Å². The van der Waals surface area contributed by atoms with Crippen molar-refractivity contribution in [3.8, 4) is 5.88 Å². The first-order valence-corrected chi connectivity index (χ1v) is 6.94. The van der Waals surface area contributed by atoms with Gasteiger partial charge in [0.05, 0.1) is 7.11 Å². The van der Waals surface area contributed by atoms with Crippen molar-refractivity contribution >= 4 is 5.65 Å². The van der Waals surface area contributed by atoms with E-state index < -0.39 is 0 Å². The Balaban J connectivity index is 1.92. The molecule has 1 saturated heterocycles. The van der Waals surface area contributed by atoms with Gasteiger partial charge in [-0.1, -0.05) is 13.0 Å². The van der Waals surface area contributed by atoms with Crippen LogP contribution in [0.15, 0.2) is 18.2 Å². The topological polar surface area (TPSA) is 42.7 Å². The highest BCUT2D eigenvalue weighted by Gasteiger charge is 2.25. The van der Waals surface area contributed by atoms with Gasteiger partial charge in [0.2, 0.25) is 5.88 Å². The summed E-state index contributed by atoms with van der Waals surface area (Å²) in [7, 11) is 1.69. The standard InChI is InChI=1S/C14H20N4O/c1-3-17-9-5-6-11(17)10-13-16-15-12-7-4-8-14(19-2)18(12)13/h4,7-8,11H,3,5-6,9-10H2,1-2H3. The number of methoxy groups -OCH3 is 1. The number of aromatic nitrogens is 3. The maximum atomic E-state index is 5.41. The largest absolute Gasteiger partial charge is 0.482 e. The van der Waals surface area contributed by atoms with E-state index >= 15 is 0 Å². The second kappa shape index (κ2) is 5.17. The Morgan fingerprint density at radius 2 is 2.26 bits per heavy atom. The Morgan fingerprint density at radius 1 is 1.37 bits per heavy atom. The van der Waals surface area contributed by atoms with Gasteiger partial charge in [-0.25, -0.2) is 4.40 Å². The van der Waals surface area contributed by atoms with E-state index in [0.717, 1.165) is 30.3 Å². The average molecular weight is 260 g/mol. The molecule has 0 radical (unpaired) electrons. The van der Waals surface area contributed by atoms with Gasteiger partial charge in [0.1, 0.15) is 5.82 Å². The van der Waals surface area contributed by atoms with Crippen LogP contribution in [0.25, 0.3) is 5.65 Å². The molecule has 3 rings (SSSR count). The summed E-state index contributed by atoms with van der Waals surface area (Å²) in [5, 5.41) is 8.58. The van der Waals surface area contributed by atoms with Crippen molar-refractivity contribution in [3.63, 3.8) is 0 Å². The monoisotopic (exact) mass is 260 g/mol. The van der Waals surface area contributed by atoms with Crippen LogP contribution in [-0.4, -0.2) is 45.7 Å². The highest BCUT2D eigenvalue weighted by Crippen LogP contribution is 2.22. The predicted octanol–water partition coefficient (Wildman–Crippen LogP) is 1.76. The van der Waals surface area contributed by atoms with Crippen LogP contribution in [0.4, 0.5) is 0 Å². The average Bonchev–Trinajstić information content (AvgIpc) is 3.06. The van der Waals surface area contributed by atoms with Gasteiger partial charge < -0.3 is 9.64 Å². The van der Waals surface area contributed by atoms with Crippen LogP contribution >= 0.6 is 0 Å².